The van der Waals surface area contributed by atoms with Crippen LogP contribution in [-0.4, -0.2) is 27.5 Å². The molecule has 0 unspecified atom stereocenters. The van der Waals surface area contributed by atoms with Crippen LogP contribution in [0.15, 0.2) is 55.0 Å². The quantitative estimate of drug-likeness (QED) is 0.571. The summed E-state index contributed by atoms with van der Waals surface area (Å²) in [6, 6.07) is 14.0. The van der Waals surface area contributed by atoms with Gasteiger partial charge in [0, 0.05) is 36.6 Å². The minimum atomic E-state index is -0.0685. The monoisotopic (exact) mass is 427 g/mol. The van der Waals surface area contributed by atoms with Gasteiger partial charge in [0.2, 0.25) is 5.91 Å². The first kappa shape index (κ1) is 20.6. The molecule has 1 aromatic carbocycles. The van der Waals surface area contributed by atoms with Crippen molar-refractivity contribution in [3.05, 3.63) is 71.8 Å². The lowest BCUT2D eigenvalue weighted by Gasteiger charge is -2.29. The molecule has 154 valence electrons. The number of nitriles is 1. The zero-order chi connectivity index (χ0) is 22.0. The van der Waals surface area contributed by atoms with Gasteiger partial charge in [-0.1, -0.05) is 12.1 Å². The maximum atomic E-state index is 12.9. The number of carbonyl (C=O) groups excluding carboxylic acids is 1. The molecule has 4 rings (SSSR count). The molecular weight excluding hydrogens is 406 g/mol. The van der Waals surface area contributed by atoms with Gasteiger partial charge in [0.05, 0.1) is 11.9 Å². The highest BCUT2D eigenvalue weighted by atomic mass is 32.1. The molecule has 1 aliphatic heterocycles. The third-order valence-electron chi connectivity index (χ3n) is 5.40. The summed E-state index contributed by atoms with van der Waals surface area (Å²) in [5.74, 6) is -0.0685. The molecule has 7 heteroatoms. The number of hydrogen-bond acceptors (Lipinski definition) is 5. The van der Waals surface area contributed by atoms with E-state index in [1.165, 1.54) is 11.1 Å². The number of pyridine rings is 2. The van der Waals surface area contributed by atoms with Gasteiger partial charge < -0.3 is 4.90 Å². The molecule has 31 heavy (non-hydrogen) atoms. The van der Waals surface area contributed by atoms with Crippen LogP contribution in [0.5, 0.6) is 0 Å². The zero-order valence-electron chi connectivity index (χ0n) is 17.4. The van der Waals surface area contributed by atoms with Gasteiger partial charge in [-0.2, -0.15) is 5.26 Å². The minimum Gasteiger partial charge on any atom is -0.318 e. The standard InChI is InChI=1S/C24H21N5OS/c1-16-9-10-26-15-21(16)18-5-7-19(8-6-18)28-11-3-4-23(30)29(24(28)31)20-12-17(2)22(13-25)27-14-20/h5-10,12,14-15H,3-4,11H2,1-2H3. The Morgan fingerprint density at radius 3 is 2.52 bits per heavy atom. The second-order valence-electron chi connectivity index (χ2n) is 7.48. The Labute approximate surface area is 186 Å². The number of aromatic nitrogens is 2. The van der Waals surface area contributed by atoms with E-state index in [1.807, 2.05) is 41.4 Å². The molecule has 3 heterocycles. The maximum absolute atomic E-state index is 12.9. The number of rotatable bonds is 3. The number of anilines is 2. The molecule has 0 saturated carbocycles. The minimum absolute atomic E-state index is 0.0685. The first-order valence-corrected chi connectivity index (χ1v) is 10.4. The normalized spacial score (nSPS) is 14.4. The summed E-state index contributed by atoms with van der Waals surface area (Å²) >= 11 is 5.76. The van der Waals surface area contributed by atoms with Crippen molar-refractivity contribution in [3.63, 3.8) is 0 Å². The Morgan fingerprint density at radius 2 is 1.84 bits per heavy atom. The van der Waals surface area contributed by atoms with Gasteiger partial charge >= 0.3 is 0 Å². The SMILES string of the molecule is Cc1ccncc1-c1ccc(N2CCCC(=O)N(c3cnc(C#N)c(C)c3)C2=S)cc1. The van der Waals surface area contributed by atoms with Crippen molar-refractivity contribution in [2.75, 3.05) is 16.3 Å². The summed E-state index contributed by atoms with van der Waals surface area (Å²) in [4.78, 5) is 24.8. The number of aryl methyl sites for hydroxylation is 2. The fourth-order valence-corrected chi connectivity index (χ4v) is 4.11. The molecule has 0 atom stereocenters. The summed E-state index contributed by atoms with van der Waals surface area (Å²) in [6.07, 6.45) is 6.27. The molecule has 2 aromatic heterocycles. The molecule has 0 radical (unpaired) electrons. The van der Waals surface area contributed by atoms with Gasteiger partial charge in [0.25, 0.3) is 0 Å². The van der Waals surface area contributed by atoms with Crippen molar-refractivity contribution >= 4 is 34.6 Å². The summed E-state index contributed by atoms with van der Waals surface area (Å²) in [5, 5.41) is 9.57. The second-order valence-corrected chi connectivity index (χ2v) is 7.84. The van der Waals surface area contributed by atoms with Gasteiger partial charge in [-0.25, -0.2) is 4.98 Å². The predicted octanol–water partition coefficient (Wildman–Crippen LogP) is 4.55. The number of amides is 1. The van der Waals surface area contributed by atoms with E-state index in [2.05, 4.69) is 23.0 Å². The Kier molecular flexibility index (Phi) is 5.74. The Morgan fingerprint density at radius 1 is 1.06 bits per heavy atom. The van der Waals surface area contributed by atoms with Crippen LogP contribution in [0.1, 0.15) is 29.7 Å². The lowest BCUT2D eigenvalue weighted by Crippen LogP contribution is -2.44. The van der Waals surface area contributed by atoms with Gasteiger partial charge in [0.15, 0.2) is 5.11 Å². The molecule has 0 N–H and O–H groups in total. The van der Waals surface area contributed by atoms with Crippen LogP contribution in [0.2, 0.25) is 0 Å². The zero-order valence-corrected chi connectivity index (χ0v) is 18.2. The smallest absolute Gasteiger partial charge is 0.233 e. The molecule has 3 aromatic rings. The van der Waals surface area contributed by atoms with E-state index >= 15 is 0 Å². The van der Waals surface area contributed by atoms with E-state index in [-0.39, 0.29) is 5.91 Å². The number of nitrogens with zero attached hydrogens (tertiary/aromatic N) is 5. The van der Waals surface area contributed by atoms with Crippen LogP contribution in [-0.2, 0) is 4.79 Å². The van der Waals surface area contributed by atoms with Gasteiger partial charge in [0.1, 0.15) is 11.8 Å². The van der Waals surface area contributed by atoms with Crippen molar-refractivity contribution < 1.29 is 4.79 Å². The van der Waals surface area contributed by atoms with Crippen molar-refractivity contribution in [2.45, 2.75) is 26.7 Å². The first-order valence-electron chi connectivity index (χ1n) is 10.0. The highest BCUT2D eigenvalue weighted by Crippen LogP contribution is 2.29. The topological polar surface area (TPSA) is 73.1 Å². The predicted molar refractivity (Wildman–Crippen MR) is 125 cm³/mol. The number of thiocarbonyl (C=S) groups is 1. The number of hydrogen-bond donors (Lipinski definition) is 0. The van der Waals surface area contributed by atoms with Crippen molar-refractivity contribution in [1.29, 1.82) is 5.26 Å². The van der Waals surface area contributed by atoms with Gasteiger partial charge in [-0.15, -0.1) is 0 Å². The maximum Gasteiger partial charge on any atom is 0.233 e. The fourth-order valence-electron chi connectivity index (χ4n) is 3.70. The van der Waals surface area contributed by atoms with E-state index < -0.39 is 0 Å². The molecule has 1 amide bonds. The van der Waals surface area contributed by atoms with Crippen LogP contribution in [0.25, 0.3) is 11.1 Å². The highest BCUT2D eigenvalue weighted by molar-refractivity contribution is 7.81. The highest BCUT2D eigenvalue weighted by Gasteiger charge is 2.29. The summed E-state index contributed by atoms with van der Waals surface area (Å²) in [5.41, 5.74) is 5.89. The molecule has 0 spiro atoms. The summed E-state index contributed by atoms with van der Waals surface area (Å²) in [6.45, 7) is 4.51. The van der Waals surface area contributed by atoms with E-state index in [1.54, 1.807) is 19.2 Å². The van der Waals surface area contributed by atoms with Gasteiger partial charge in [-0.05, 0) is 73.4 Å². The Bertz CT molecular complexity index is 1200. The van der Waals surface area contributed by atoms with E-state index in [4.69, 9.17) is 17.5 Å². The van der Waals surface area contributed by atoms with Crippen LogP contribution >= 0.6 is 12.2 Å². The van der Waals surface area contributed by atoms with Gasteiger partial charge in [-0.3, -0.25) is 14.7 Å². The third kappa shape index (κ3) is 4.03. The number of benzene rings is 1. The molecule has 1 fully saturated rings. The van der Waals surface area contributed by atoms with E-state index in [9.17, 15) is 4.79 Å². The Hall–Kier alpha value is -3.63. The second kappa shape index (κ2) is 8.62. The van der Waals surface area contributed by atoms with E-state index in [0.717, 1.165) is 22.4 Å². The van der Waals surface area contributed by atoms with Crippen molar-refractivity contribution in [1.82, 2.24) is 9.97 Å². The summed E-state index contributed by atoms with van der Waals surface area (Å²) < 4.78 is 0. The lowest BCUT2D eigenvalue weighted by molar-refractivity contribution is -0.117. The average Bonchev–Trinajstić information content (AvgIpc) is 2.92. The third-order valence-corrected chi connectivity index (χ3v) is 5.80. The van der Waals surface area contributed by atoms with Crippen LogP contribution in [0.4, 0.5) is 11.4 Å². The fraction of sp³-hybridized carbons (Fsp3) is 0.208. The van der Waals surface area contributed by atoms with Crippen LogP contribution in [0, 0.1) is 25.2 Å². The summed E-state index contributed by atoms with van der Waals surface area (Å²) in [7, 11) is 0. The molecule has 0 bridgehead atoms. The van der Waals surface area contributed by atoms with Crippen LogP contribution in [0.3, 0.4) is 0 Å². The largest absolute Gasteiger partial charge is 0.318 e. The Balaban J connectivity index is 1.66. The lowest BCUT2D eigenvalue weighted by atomic mass is 10.0. The van der Waals surface area contributed by atoms with Crippen LogP contribution < -0.4 is 9.80 Å². The molecule has 1 aliphatic rings. The van der Waals surface area contributed by atoms with E-state index in [0.29, 0.717) is 41.4 Å². The first-order chi connectivity index (χ1) is 15.0. The number of carbonyl (C=O) groups is 1. The van der Waals surface area contributed by atoms with Crippen molar-refractivity contribution in [2.24, 2.45) is 0 Å². The molecule has 6 nitrogen and oxygen atoms in total. The molecule has 1 saturated heterocycles. The molecule has 0 aliphatic carbocycles. The van der Waals surface area contributed by atoms with Crippen molar-refractivity contribution in [3.8, 4) is 17.2 Å². The average molecular weight is 428 g/mol. The molecular formula is C24H21N5OS.